The van der Waals surface area contributed by atoms with Gasteiger partial charge in [-0.05, 0) is 26.0 Å². The number of carbonyl (C=O) groups is 1. The number of aryl methyl sites for hydroxylation is 1. The van der Waals surface area contributed by atoms with Crippen LogP contribution in [0.3, 0.4) is 0 Å². The topological polar surface area (TPSA) is 79.2 Å². The van der Waals surface area contributed by atoms with Crippen molar-refractivity contribution in [3.8, 4) is 5.69 Å². The number of hydrogen-bond acceptors (Lipinski definition) is 4. The number of rotatable bonds is 4. The van der Waals surface area contributed by atoms with Crippen molar-refractivity contribution in [3.63, 3.8) is 0 Å². The van der Waals surface area contributed by atoms with Crippen molar-refractivity contribution >= 4 is 5.91 Å². The number of para-hydroxylation sites is 1. The summed E-state index contributed by atoms with van der Waals surface area (Å²) in [5.74, 6) is -0.0787. The molecule has 0 saturated carbocycles. The van der Waals surface area contributed by atoms with Crippen LogP contribution in [0.1, 0.15) is 21.7 Å². The monoisotopic (exact) mass is 314 g/mol. The number of carbonyl (C=O) groups excluding carboxylic acids is 1. The van der Waals surface area contributed by atoms with Crippen LogP contribution in [0.25, 0.3) is 5.69 Å². The van der Waals surface area contributed by atoms with Crippen LogP contribution in [0.5, 0.6) is 0 Å². The molecule has 1 saturated heterocycles. The number of aliphatic hydroxyl groups is 1. The van der Waals surface area contributed by atoms with E-state index in [1.807, 2.05) is 44.2 Å². The largest absolute Gasteiger partial charge is 0.391 e. The van der Waals surface area contributed by atoms with E-state index in [1.165, 1.54) is 0 Å². The number of nitrogens with zero attached hydrogens (tertiary/aromatic N) is 2. The van der Waals surface area contributed by atoms with Crippen LogP contribution in [-0.2, 0) is 0 Å². The average Bonchev–Trinajstić information content (AvgIpc) is 3.09. The third kappa shape index (κ3) is 3.13. The van der Waals surface area contributed by atoms with Gasteiger partial charge in [0.05, 0.1) is 28.7 Å². The molecule has 0 radical (unpaired) electrons. The van der Waals surface area contributed by atoms with Crippen molar-refractivity contribution in [1.82, 2.24) is 20.4 Å². The summed E-state index contributed by atoms with van der Waals surface area (Å²) in [6, 6.07) is 9.76. The van der Waals surface area contributed by atoms with Gasteiger partial charge in [0, 0.05) is 25.6 Å². The van der Waals surface area contributed by atoms with Gasteiger partial charge in [-0.25, -0.2) is 4.68 Å². The fourth-order valence-electron chi connectivity index (χ4n) is 3.03. The van der Waals surface area contributed by atoms with Crippen molar-refractivity contribution in [2.75, 3.05) is 19.6 Å². The minimum atomic E-state index is -0.399. The molecule has 2 atom stereocenters. The Morgan fingerprint density at radius 1 is 1.35 bits per heavy atom. The minimum absolute atomic E-state index is 0.0590. The van der Waals surface area contributed by atoms with Gasteiger partial charge in [-0.3, -0.25) is 4.79 Å². The Labute approximate surface area is 135 Å². The summed E-state index contributed by atoms with van der Waals surface area (Å²) in [4.78, 5) is 12.5. The van der Waals surface area contributed by atoms with Crippen LogP contribution in [0.15, 0.2) is 30.3 Å². The molecule has 1 fully saturated rings. The normalized spacial score (nSPS) is 20.7. The highest BCUT2D eigenvalue weighted by atomic mass is 16.3. The summed E-state index contributed by atoms with van der Waals surface area (Å²) < 4.78 is 1.79. The van der Waals surface area contributed by atoms with Gasteiger partial charge in [-0.2, -0.15) is 5.10 Å². The highest BCUT2D eigenvalue weighted by Gasteiger charge is 2.26. The van der Waals surface area contributed by atoms with E-state index in [4.69, 9.17) is 0 Å². The maximum atomic E-state index is 12.5. The van der Waals surface area contributed by atoms with E-state index in [0.29, 0.717) is 24.3 Å². The van der Waals surface area contributed by atoms with Crippen molar-refractivity contribution in [2.24, 2.45) is 5.92 Å². The van der Waals surface area contributed by atoms with E-state index < -0.39 is 6.10 Å². The lowest BCUT2D eigenvalue weighted by Gasteiger charge is -2.14. The van der Waals surface area contributed by atoms with Gasteiger partial charge in [-0.15, -0.1) is 0 Å². The molecule has 0 spiro atoms. The van der Waals surface area contributed by atoms with Gasteiger partial charge in [-0.1, -0.05) is 18.2 Å². The van der Waals surface area contributed by atoms with Crippen LogP contribution >= 0.6 is 0 Å². The number of nitrogens with one attached hydrogen (secondary N) is 2. The van der Waals surface area contributed by atoms with E-state index in [-0.39, 0.29) is 11.8 Å². The molecule has 2 unspecified atom stereocenters. The Bertz CT molecular complexity index is 696. The number of aromatic nitrogens is 2. The summed E-state index contributed by atoms with van der Waals surface area (Å²) in [6.07, 6.45) is -0.399. The number of aliphatic hydroxyl groups excluding tert-OH is 1. The summed E-state index contributed by atoms with van der Waals surface area (Å²) in [6.45, 7) is 5.51. The van der Waals surface area contributed by atoms with Crippen LogP contribution in [0, 0.1) is 19.8 Å². The predicted molar refractivity (Wildman–Crippen MR) is 87.7 cm³/mol. The quantitative estimate of drug-likeness (QED) is 0.780. The van der Waals surface area contributed by atoms with Crippen LogP contribution in [0.2, 0.25) is 0 Å². The second-order valence-electron chi connectivity index (χ2n) is 5.99. The van der Waals surface area contributed by atoms with E-state index in [9.17, 15) is 9.90 Å². The van der Waals surface area contributed by atoms with Crippen molar-refractivity contribution in [1.29, 1.82) is 0 Å². The fourth-order valence-corrected chi connectivity index (χ4v) is 3.03. The molecule has 6 nitrogen and oxygen atoms in total. The third-order valence-electron chi connectivity index (χ3n) is 4.35. The zero-order valence-electron chi connectivity index (χ0n) is 13.4. The summed E-state index contributed by atoms with van der Waals surface area (Å²) in [5.41, 5.74) is 3.06. The predicted octanol–water partition coefficient (Wildman–Crippen LogP) is 0.799. The lowest BCUT2D eigenvalue weighted by atomic mass is 10.1. The molecule has 2 heterocycles. The average molecular weight is 314 g/mol. The standard InChI is InChI=1S/C17H22N4O2/c1-11-16(17(23)19-9-13-8-18-10-15(13)22)12(2)21(20-11)14-6-4-3-5-7-14/h3-7,13,15,18,22H,8-10H2,1-2H3,(H,19,23). The van der Waals surface area contributed by atoms with Gasteiger partial charge in [0.15, 0.2) is 0 Å². The molecular weight excluding hydrogens is 292 g/mol. The van der Waals surface area contributed by atoms with E-state index in [1.54, 1.807) is 4.68 Å². The van der Waals surface area contributed by atoms with E-state index >= 15 is 0 Å². The second-order valence-corrected chi connectivity index (χ2v) is 5.99. The molecule has 1 aromatic carbocycles. The second kappa shape index (κ2) is 6.52. The minimum Gasteiger partial charge on any atom is -0.391 e. The molecule has 23 heavy (non-hydrogen) atoms. The lowest BCUT2D eigenvalue weighted by Crippen LogP contribution is -2.34. The smallest absolute Gasteiger partial charge is 0.255 e. The van der Waals surface area contributed by atoms with Crippen molar-refractivity contribution in [3.05, 3.63) is 47.3 Å². The first-order valence-electron chi connectivity index (χ1n) is 7.86. The molecule has 122 valence electrons. The third-order valence-corrected chi connectivity index (χ3v) is 4.35. The maximum Gasteiger partial charge on any atom is 0.255 e. The van der Waals surface area contributed by atoms with Gasteiger partial charge >= 0.3 is 0 Å². The summed E-state index contributed by atoms with van der Waals surface area (Å²) >= 11 is 0. The number of benzene rings is 1. The molecule has 1 aliphatic rings. The van der Waals surface area contributed by atoms with Crippen molar-refractivity contribution < 1.29 is 9.90 Å². The first kappa shape index (κ1) is 15.7. The number of β-amino-alcohol motifs (C(OH)–C–C–N with tert-alkyl or cyclic N) is 1. The molecular formula is C17H22N4O2. The molecule has 3 N–H and O–H groups in total. The number of amides is 1. The Morgan fingerprint density at radius 3 is 2.74 bits per heavy atom. The zero-order valence-corrected chi connectivity index (χ0v) is 13.4. The Morgan fingerprint density at radius 2 is 2.09 bits per heavy atom. The van der Waals surface area contributed by atoms with Gasteiger partial charge in [0.25, 0.3) is 5.91 Å². The molecule has 1 aliphatic heterocycles. The summed E-state index contributed by atoms with van der Waals surface area (Å²) in [7, 11) is 0. The molecule has 1 aromatic heterocycles. The Hall–Kier alpha value is -2.18. The molecule has 0 bridgehead atoms. The first-order chi connectivity index (χ1) is 11.1. The Balaban J connectivity index is 1.77. The maximum absolute atomic E-state index is 12.5. The van der Waals surface area contributed by atoms with E-state index in [0.717, 1.165) is 17.9 Å². The first-order valence-corrected chi connectivity index (χ1v) is 7.86. The van der Waals surface area contributed by atoms with Crippen LogP contribution in [0.4, 0.5) is 0 Å². The van der Waals surface area contributed by atoms with Gasteiger partial charge < -0.3 is 15.7 Å². The Kier molecular flexibility index (Phi) is 4.45. The fraction of sp³-hybridized carbons (Fsp3) is 0.412. The van der Waals surface area contributed by atoms with Crippen LogP contribution in [-0.4, -0.2) is 46.5 Å². The SMILES string of the molecule is Cc1nn(-c2ccccc2)c(C)c1C(=O)NCC1CNCC1O. The van der Waals surface area contributed by atoms with E-state index in [2.05, 4.69) is 15.7 Å². The molecule has 0 aliphatic carbocycles. The highest BCUT2D eigenvalue weighted by Crippen LogP contribution is 2.18. The zero-order chi connectivity index (χ0) is 16.4. The van der Waals surface area contributed by atoms with Gasteiger partial charge in [0.2, 0.25) is 0 Å². The van der Waals surface area contributed by atoms with Crippen LogP contribution < -0.4 is 10.6 Å². The number of hydrogen-bond donors (Lipinski definition) is 3. The van der Waals surface area contributed by atoms with Crippen molar-refractivity contribution in [2.45, 2.75) is 20.0 Å². The molecule has 6 heteroatoms. The lowest BCUT2D eigenvalue weighted by molar-refractivity contribution is 0.0926. The van der Waals surface area contributed by atoms with Gasteiger partial charge in [0.1, 0.15) is 0 Å². The molecule has 2 aromatic rings. The highest BCUT2D eigenvalue weighted by molar-refractivity contribution is 5.96. The molecule has 3 rings (SSSR count). The summed E-state index contributed by atoms with van der Waals surface area (Å²) in [5, 5.41) is 20.3. The molecule has 1 amide bonds.